The Labute approximate surface area is 171 Å². The Bertz CT molecular complexity index is 669. The first kappa shape index (κ1) is 21.9. The summed E-state index contributed by atoms with van der Waals surface area (Å²) in [7, 11) is 1.69. The lowest BCUT2D eigenvalue weighted by atomic mass is 10.1. The van der Waals surface area contributed by atoms with Crippen LogP contribution < -0.4 is 16.0 Å². The highest BCUT2D eigenvalue weighted by atomic mass is 127. The summed E-state index contributed by atoms with van der Waals surface area (Å²) in [6, 6.07) is 10.2. The summed E-state index contributed by atoms with van der Waals surface area (Å²) in [5.74, 6) is 0.596. The summed E-state index contributed by atoms with van der Waals surface area (Å²) in [4.78, 5) is 15.7. The highest BCUT2D eigenvalue weighted by Gasteiger charge is 2.03. The topological polar surface area (TPSA) is 83.3 Å². The van der Waals surface area contributed by atoms with E-state index in [0.29, 0.717) is 12.5 Å². The zero-order valence-corrected chi connectivity index (χ0v) is 17.6. The van der Waals surface area contributed by atoms with E-state index in [1.165, 1.54) is 5.56 Å². The maximum absolute atomic E-state index is 11.6. The van der Waals surface area contributed by atoms with E-state index in [9.17, 15) is 4.79 Å². The number of carbonyl (C=O) groups is 1. The van der Waals surface area contributed by atoms with Gasteiger partial charge in [-0.25, -0.2) is 4.68 Å². The molecule has 1 aromatic carbocycles. The molecule has 2 rings (SSSR count). The van der Waals surface area contributed by atoms with Gasteiger partial charge in [-0.15, -0.1) is 24.0 Å². The maximum atomic E-state index is 11.6. The van der Waals surface area contributed by atoms with Crippen LogP contribution >= 0.6 is 24.0 Å². The molecule has 0 saturated carbocycles. The Morgan fingerprint density at radius 1 is 1.15 bits per heavy atom. The lowest BCUT2D eigenvalue weighted by Crippen LogP contribution is -2.43. The third-order valence-electron chi connectivity index (χ3n) is 3.62. The second kappa shape index (κ2) is 12.3. The number of carbonyl (C=O) groups excluding carboxylic acids is 1. The van der Waals surface area contributed by atoms with Crippen LogP contribution in [0.4, 0.5) is 0 Å². The minimum atomic E-state index is -0.0287. The summed E-state index contributed by atoms with van der Waals surface area (Å²) in [6.07, 6.45) is 5.47. The monoisotopic (exact) mass is 470 g/mol. The van der Waals surface area contributed by atoms with E-state index in [2.05, 4.69) is 38.2 Å². The normalized spacial score (nSPS) is 10.8. The molecule has 0 atom stereocenters. The van der Waals surface area contributed by atoms with Gasteiger partial charge in [0.1, 0.15) is 0 Å². The Morgan fingerprint density at radius 2 is 1.92 bits per heavy atom. The lowest BCUT2D eigenvalue weighted by molar-refractivity contribution is -0.120. The number of amides is 1. The van der Waals surface area contributed by atoms with Crippen molar-refractivity contribution in [2.24, 2.45) is 4.99 Å². The highest BCUT2D eigenvalue weighted by molar-refractivity contribution is 14.0. The standard InChI is InChI=1S/C18H26N6O.HI/c1-3-10-20-17(25)14-22-18(19-2)21-12-9-15-5-7-16(8-6-15)24-13-4-11-23-24;/h4-8,11,13H,3,9-10,12,14H2,1-2H3,(H,20,25)(H2,19,21,22);1H. The molecule has 1 heterocycles. The number of hydrogen-bond donors (Lipinski definition) is 3. The molecule has 1 amide bonds. The van der Waals surface area contributed by atoms with Crippen molar-refractivity contribution in [3.63, 3.8) is 0 Å². The first-order valence-corrected chi connectivity index (χ1v) is 8.53. The average Bonchev–Trinajstić information content (AvgIpc) is 3.18. The molecule has 0 aliphatic heterocycles. The maximum Gasteiger partial charge on any atom is 0.239 e. The minimum Gasteiger partial charge on any atom is -0.356 e. The van der Waals surface area contributed by atoms with E-state index in [0.717, 1.165) is 25.1 Å². The highest BCUT2D eigenvalue weighted by Crippen LogP contribution is 2.08. The van der Waals surface area contributed by atoms with Gasteiger partial charge in [0.15, 0.2) is 5.96 Å². The van der Waals surface area contributed by atoms with Crippen LogP contribution in [0.1, 0.15) is 18.9 Å². The summed E-state index contributed by atoms with van der Waals surface area (Å²) in [5.41, 5.74) is 2.26. The van der Waals surface area contributed by atoms with Crippen molar-refractivity contribution < 1.29 is 4.79 Å². The lowest BCUT2D eigenvalue weighted by Gasteiger charge is -2.12. The summed E-state index contributed by atoms with van der Waals surface area (Å²) in [6.45, 7) is 3.67. The number of aromatic nitrogens is 2. The Hall–Kier alpha value is -2.10. The van der Waals surface area contributed by atoms with Crippen molar-refractivity contribution in [3.8, 4) is 5.69 Å². The summed E-state index contributed by atoms with van der Waals surface area (Å²) < 4.78 is 1.83. The van der Waals surface area contributed by atoms with Crippen LogP contribution in [0.15, 0.2) is 47.7 Å². The molecule has 0 bridgehead atoms. The zero-order valence-electron chi connectivity index (χ0n) is 15.2. The van der Waals surface area contributed by atoms with Gasteiger partial charge in [-0.1, -0.05) is 19.1 Å². The summed E-state index contributed by atoms with van der Waals surface area (Å²) in [5, 5.41) is 13.3. The van der Waals surface area contributed by atoms with Crippen molar-refractivity contribution in [2.45, 2.75) is 19.8 Å². The molecule has 7 nitrogen and oxygen atoms in total. The van der Waals surface area contributed by atoms with Gasteiger partial charge in [-0.2, -0.15) is 5.10 Å². The molecule has 0 spiro atoms. The van der Waals surface area contributed by atoms with Gasteiger partial charge in [-0.05, 0) is 36.6 Å². The van der Waals surface area contributed by atoms with Crippen molar-refractivity contribution >= 4 is 35.8 Å². The Kier molecular flexibility index (Phi) is 10.4. The second-order valence-corrected chi connectivity index (χ2v) is 5.57. The molecule has 1 aromatic heterocycles. The number of benzene rings is 1. The van der Waals surface area contributed by atoms with Gasteiger partial charge in [-0.3, -0.25) is 9.79 Å². The molecule has 0 fully saturated rings. The second-order valence-electron chi connectivity index (χ2n) is 5.57. The number of aliphatic imine (C=N–C) groups is 1. The van der Waals surface area contributed by atoms with Crippen LogP contribution in [-0.4, -0.2) is 48.3 Å². The van der Waals surface area contributed by atoms with E-state index in [1.807, 2.05) is 36.0 Å². The number of guanidine groups is 1. The van der Waals surface area contributed by atoms with Crippen molar-refractivity contribution in [2.75, 3.05) is 26.7 Å². The van der Waals surface area contributed by atoms with Gasteiger partial charge in [0.25, 0.3) is 0 Å². The van der Waals surface area contributed by atoms with E-state index >= 15 is 0 Å². The molecular weight excluding hydrogens is 443 g/mol. The smallest absolute Gasteiger partial charge is 0.239 e. The number of nitrogens with zero attached hydrogens (tertiary/aromatic N) is 3. The number of nitrogens with one attached hydrogen (secondary N) is 3. The van der Waals surface area contributed by atoms with Crippen LogP contribution in [0.25, 0.3) is 5.69 Å². The zero-order chi connectivity index (χ0) is 17.9. The van der Waals surface area contributed by atoms with Crippen LogP contribution in [0.2, 0.25) is 0 Å². The van der Waals surface area contributed by atoms with Gasteiger partial charge < -0.3 is 16.0 Å². The third-order valence-corrected chi connectivity index (χ3v) is 3.62. The predicted octanol–water partition coefficient (Wildman–Crippen LogP) is 1.72. The fourth-order valence-electron chi connectivity index (χ4n) is 2.27. The Morgan fingerprint density at radius 3 is 2.54 bits per heavy atom. The SMILES string of the molecule is CCCNC(=O)CNC(=NC)NCCc1ccc(-n2cccn2)cc1.I. The van der Waals surface area contributed by atoms with Gasteiger partial charge >= 0.3 is 0 Å². The fraction of sp³-hybridized carbons (Fsp3) is 0.389. The number of halogens is 1. The summed E-state index contributed by atoms with van der Waals surface area (Å²) >= 11 is 0. The van der Waals surface area contributed by atoms with Gasteiger partial charge in [0, 0.05) is 32.5 Å². The molecule has 26 heavy (non-hydrogen) atoms. The third kappa shape index (κ3) is 7.42. The molecule has 2 aromatic rings. The predicted molar refractivity (Wildman–Crippen MR) is 115 cm³/mol. The van der Waals surface area contributed by atoms with E-state index in [4.69, 9.17) is 0 Å². The number of hydrogen-bond acceptors (Lipinski definition) is 3. The quantitative estimate of drug-likeness (QED) is 0.312. The molecule has 3 N–H and O–H groups in total. The molecule has 0 aliphatic carbocycles. The van der Waals surface area contributed by atoms with E-state index in [1.54, 1.807) is 13.2 Å². The van der Waals surface area contributed by atoms with Crippen LogP contribution in [0.3, 0.4) is 0 Å². The molecule has 8 heteroatoms. The fourth-order valence-corrected chi connectivity index (χ4v) is 2.27. The molecule has 0 radical (unpaired) electrons. The van der Waals surface area contributed by atoms with Crippen LogP contribution in [0.5, 0.6) is 0 Å². The van der Waals surface area contributed by atoms with Crippen LogP contribution in [-0.2, 0) is 11.2 Å². The molecular formula is C18H27IN6O. The molecule has 0 unspecified atom stereocenters. The first-order chi connectivity index (χ1) is 12.2. The molecule has 142 valence electrons. The van der Waals surface area contributed by atoms with Gasteiger partial charge in [0.2, 0.25) is 5.91 Å². The largest absolute Gasteiger partial charge is 0.356 e. The first-order valence-electron chi connectivity index (χ1n) is 8.53. The minimum absolute atomic E-state index is 0. The van der Waals surface area contributed by atoms with Crippen molar-refractivity contribution in [1.29, 1.82) is 0 Å². The average molecular weight is 470 g/mol. The van der Waals surface area contributed by atoms with E-state index < -0.39 is 0 Å². The van der Waals surface area contributed by atoms with Crippen molar-refractivity contribution in [3.05, 3.63) is 48.3 Å². The number of rotatable bonds is 8. The van der Waals surface area contributed by atoms with E-state index in [-0.39, 0.29) is 36.4 Å². The van der Waals surface area contributed by atoms with Gasteiger partial charge in [0.05, 0.1) is 12.2 Å². The Balaban J connectivity index is 0.00000338. The van der Waals surface area contributed by atoms with Crippen LogP contribution in [0, 0.1) is 0 Å². The molecule has 0 saturated heterocycles. The molecule has 0 aliphatic rings. The van der Waals surface area contributed by atoms with Crippen molar-refractivity contribution in [1.82, 2.24) is 25.7 Å².